The lowest BCUT2D eigenvalue weighted by atomic mass is 10.00. The summed E-state index contributed by atoms with van der Waals surface area (Å²) >= 11 is 0. The van der Waals surface area contributed by atoms with E-state index in [4.69, 9.17) is 10.5 Å². The van der Waals surface area contributed by atoms with Gasteiger partial charge in [0.15, 0.2) is 0 Å². The number of rotatable bonds is 0. The first-order valence-corrected chi connectivity index (χ1v) is 3.92. The zero-order valence-corrected chi connectivity index (χ0v) is 7.68. The molecule has 0 aliphatic rings. The lowest BCUT2D eigenvalue weighted by molar-refractivity contribution is -0.137. The fourth-order valence-corrected chi connectivity index (χ4v) is 1.11. The normalized spacial score (nSPS) is 10.5. The van der Waals surface area contributed by atoms with Crippen molar-refractivity contribution in [2.45, 2.75) is 13.1 Å². The maximum absolute atomic E-state index is 12.3. The lowest BCUT2D eigenvalue weighted by Crippen LogP contribution is -2.07. The third-order valence-corrected chi connectivity index (χ3v) is 1.98. The van der Waals surface area contributed by atoms with Crippen LogP contribution in [-0.4, -0.2) is 0 Å². The fraction of sp³-hybridized carbons (Fsp3) is 0.200. The Morgan fingerprint density at radius 1 is 1.07 bits per heavy atom. The van der Waals surface area contributed by atoms with Gasteiger partial charge < -0.3 is 0 Å². The van der Waals surface area contributed by atoms with Crippen LogP contribution in [-0.2, 0) is 6.18 Å². The summed E-state index contributed by atoms with van der Waals surface area (Å²) in [5.74, 6) is 0. The van der Waals surface area contributed by atoms with Gasteiger partial charge in [0.1, 0.15) is 0 Å². The SMILES string of the molecule is Cc1c(C#N)cc(C(F)(F)F)cc1C#N. The molecular weight excluding hydrogens is 205 g/mol. The molecule has 0 amide bonds. The van der Waals surface area contributed by atoms with Crippen molar-refractivity contribution >= 4 is 0 Å². The first kappa shape index (κ1) is 11.1. The summed E-state index contributed by atoms with van der Waals surface area (Å²) in [6, 6.07) is 4.76. The maximum Gasteiger partial charge on any atom is 0.416 e. The van der Waals surface area contributed by atoms with E-state index in [0.29, 0.717) is 0 Å². The summed E-state index contributed by atoms with van der Waals surface area (Å²) in [7, 11) is 0. The average molecular weight is 210 g/mol. The third kappa shape index (κ3) is 2.08. The van der Waals surface area contributed by atoms with E-state index in [2.05, 4.69) is 0 Å². The van der Waals surface area contributed by atoms with Gasteiger partial charge in [-0.1, -0.05) is 0 Å². The van der Waals surface area contributed by atoms with Crippen LogP contribution >= 0.6 is 0 Å². The summed E-state index contributed by atoms with van der Waals surface area (Å²) in [6.07, 6.45) is -4.54. The molecule has 1 aromatic carbocycles. The van der Waals surface area contributed by atoms with Gasteiger partial charge >= 0.3 is 6.18 Å². The van der Waals surface area contributed by atoms with Crippen molar-refractivity contribution in [2.75, 3.05) is 0 Å². The summed E-state index contributed by atoms with van der Waals surface area (Å²) in [5.41, 5.74) is -0.947. The van der Waals surface area contributed by atoms with Crippen LogP contribution in [0.3, 0.4) is 0 Å². The molecule has 0 aliphatic heterocycles. The molecule has 1 aromatic rings. The second kappa shape index (κ2) is 3.62. The molecule has 0 bridgehead atoms. The minimum absolute atomic E-state index is 0.124. The van der Waals surface area contributed by atoms with Gasteiger partial charge in [0, 0.05) is 0 Å². The smallest absolute Gasteiger partial charge is 0.192 e. The molecule has 0 N–H and O–H groups in total. The van der Waals surface area contributed by atoms with Crippen molar-refractivity contribution in [1.29, 1.82) is 10.5 Å². The quantitative estimate of drug-likeness (QED) is 0.660. The van der Waals surface area contributed by atoms with E-state index >= 15 is 0 Å². The van der Waals surface area contributed by atoms with Crippen molar-refractivity contribution in [3.05, 3.63) is 34.4 Å². The molecule has 0 aromatic heterocycles. The van der Waals surface area contributed by atoms with Gasteiger partial charge in [0.2, 0.25) is 0 Å². The predicted octanol–water partition coefficient (Wildman–Crippen LogP) is 2.76. The van der Waals surface area contributed by atoms with E-state index in [-0.39, 0.29) is 16.7 Å². The number of halogens is 3. The average Bonchev–Trinajstić information content (AvgIpc) is 2.16. The Hall–Kier alpha value is -2.01. The molecular formula is C10H5F3N2. The molecule has 76 valence electrons. The third-order valence-electron chi connectivity index (χ3n) is 1.98. The highest BCUT2D eigenvalue weighted by Crippen LogP contribution is 2.31. The van der Waals surface area contributed by atoms with Crippen LogP contribution in [0.15, 0.2) is 12.1 Å². The topological polar surface area (TPSA) is 47.6 Å². The van der Waals surface area contributed by atoms with Crippen molar-refractivity contribution in [3.8, 4) is 12.1 Å². The van der Waals surface area contributed by atoms with Crippen molar-refractivity contribution in [1.82, 2.24) is 0 Å². The highest BCUT2D eigenvalue weighted by Gasteiger charge is 2.31. The number of nitriles is 2. The van der Waals surface area contributed by atoms with E-state index < -0.39 is 11.7 Å². The van der Waals surface area contributed by atoms with Gasteiger partial charge in [-0.15, -0.1) is 0 Å². The molecule has 0 aliphatic carbocycles. The summed E-state index contributed by atoms with van der Waals surface area (Å²) in [4.78, 5) is 0. The van der Waals surface area contributed by atoms with E-state index in [9.17, 15) is 13.2 Å². The Kier molecular flexibility index (Phi) is 2.67. The first-order valence-electron chi connectivity index (χ1n) is 3.92. The van der Waals surface area contributed by atoms with E-state index in [1.807, 2.05) is 0 Å². The predicted molar refractivity (Wildman–Crippen MR) is 45.6 cm³/mol. The number of benzene rings is 1. The van der Waals surface area contributed by atoms with Crippen molar-refractivity contribution in [3.63, 3.8) is 0 Å². The first-order chi connectivity index (χ1) is 6.90. The Bertz CT molecular complexity index is 440. The van der Waals surface area contributed by atoms with E-state index in [1.165, 1.54) is 6.92 Å². The standard InChI is InChI=1S/C10H5F3N2/c1-6-7(4-14)2-9(10(11,12)13)3-8(6)5-15/h2-3H,1H3. The number of hydrogen-bond donors (Lipinski definition) is 0. The highest BCUT2D eigenvalue weighted by atomic mass is 19.4. The summed E-state index contributed by atoms with van der Waals surface area (Å²) in [6.45, 7) is 1.44. The minimum atomic E-state index is -4.54. The van der Waals surface area contributed by atoms with Gasteiger partial charge in [-0.25, -0.2) is 0 Å². The second-order valence-corrected chi connectivity index (χ2v) is 2.92. The number of alkyl halides is 3. The minimum Gasteiger partial charge on any atom is -0.192 e. The van der Waals surface area contributed by atoms with Gasteiger partial charge in [-0.2, -0.15) is 23.7 Å². The molecule has 0 fully saturated rings. The molecule has 2 nitrogen and oxygen atoms in total. The molecule has 1 rings (SSSR count). The van der Waals surface area contributed by atoms with Crippen LogP contribution in [0.5, 0.6) is 0 Å². The molecule has 0 heterocycles. The molecule has 15 heavy (non-hydrogen) atoms. The van der Waals surface area contributed by atoms with Crippen molar-refractivity contribution in [2.24, 2.45) is 0 Å². The van der Waals surface area contributed by atoms with Crippen LogP contribution in [0.2, 0.25) is 0 Å². The monoisotopic (exact) mass is 210 g/mol. The Labute approximate surface area is 84.2 Å². The van der Waals surface area contributed by atoms with E-state index in [0.717, 1.165) is 12.1 Å². The molecule has 0 spiro atoms. The van der Waals surface area contributed by atoms with E-state index in [1.54, 1.807) is 12.1 Å². The summed E-state index contributed by atoms with van der Waals surface area (Å²) in [5, 5.41) is 17.2. The number of nitrogens with zero attached hydrogens (tertiary/aromatic N) is 2. The summed E-state index contributed by atoms with van der Waals surface area (Å²) < 4.78 is 37.0. The molecule has 0 atom stereocenters. The van der Waals surface area contributed by atoms with Gasteiger partial charge in [0.05, 0.1) is 28.8 Å². The number of hydrogen-bond acceptors (Lipinski definition) is 2. The van der Waals surface area contributed by atoms with Gasteiger partial charge in [0.25, 0.3) is 0 Å². The molecule has 0 unspecified atom stereocenters. The maximum atomic E-state index is 12.3. The Balaban J connectivity index is 3.51. The zero-order valence-electron chi connectivity index (χ0n) is 7.68. The van der Waals surface area contributed by atoms with Crippen LogP contribution < -0.4 is 0 Å². The van der Waals surface area contributed by atoms with Crippen molar-refractivity contribution < 1.29 is 13.2 Å². The lowest BCUT2D eigenvalue weighted by Gasteiger charge is -2.09. The highest BCUT2D eigenvalue weighted by molar-refractivity contribution is 5.50. The molecule has 0 radical (unpaired) electrons. The van der Waals surface area contributed by atoms with Crippen LogP contribution in [0.25, 0.3) is 0 Å². The van der Waals surface area contributed by atoms with Crippen LogP contribution in [0.1, 0.15) is 22.3 Å². The van der Waals surface area contributed by atoms with Gasteiger partial charge in [-0.05, 0) is 24.6 Å². The molecule has 0 saturated heterocycles. The zero-order chi connectivity index (χ0) is 11.6. The largest absolute Gasteiger partial charge is 0.416 e. The second-order valence-electron chi connectivity index (χ2n) is 2.92. The van der Waals surface area contributed by atoms with Crippen LogP contribution in [0.4, 0.5) is 13.2 Å². The molecule has 5 heteroatoms. The fourth-order valence-electron chi connectivity index (χ4n) is 1.11. The Morgan fingerprint density at radius 2 is 1.47 bits per heavy atom. The van der Waals surface area contributed by atoms with Gasteiger partial charge in [-0.3, -0.25) is 0 Å². The Morgan fingerprint density at radius 3 is 1.73 bits per heavy atom. The van der Waals surface area contributed by atoms with Crippen LogP contribution in [0, 0.1) is 29.6 Å². The molecule has 0 saturated carbocycles.